The highest BCUT2D eigenvalue weighted by Crippen LogP contribution is 2.26. The van der Waals surface area contributed by atoms with Gasteiger partial charge in [-0.2, -0.15) is 11.8 Å². The molecule has 20 heavy (non-hydrogen) atoms. The maximum atomic E-state index is 11.9. The number of halogens is 1. The Morgan fingerprint density at radius 1 is 1.35 bits per heavy atom. The van der Waals surface area contributed by atoms with Crippen LogP contribution < -0.4 is 10.6 Å². The lowest BCUT2D eigenvalue weighted by Gasteiger charge is -2.27. The highest BCUT2D eigenvalue weighted by molar-refractivity contribution is 7.99. The SMILES string of the molecule is CSC1CCC(NCC(=O)Nc2cccc(Cl)c2)CC1. The minimum absolute atomic E-state index is 0.0146. The molecule has 110 valence electrons. The van der Waals surface area contributed by atoms with Crippen molar-refractivity contribution in [1.29, 1.82) is 0 Å². The highest BCUT2D eigenvalue weighted by Gasteiger charge is 2.20. The Bertz CT molecular complexity index is 447. The van der Waals surface area contributed by atoms with E-state index in [4.69, 9.17) is 11.6 Å². The molecule has 0 saturated heterocycles. The van der Waals surface area contributed by atoms with Gasteiger partial charge in [0.2, 0.25) is 5.91 Å². The van der Waals surface area contributed by atoms with Gasteiger partial charge in [-0.05, 0) is 50.1 Å². The van der Waals surface area contributed by atoms with Gasteiger partial charge in [0, 0.05) is 22.0 Å². The Morgan fingerprint density at radius 2 is 2.10 bits per heavy atom. The van der Waals surface area contributed by atoms with Crippen molar-refractivity contribution >= 4 is 35.0 Å². The normalized spacial score (nSPS) is 22.5. The standard InChI is InChI=1S/C15H21ClN2OS/c1-20-14-7-5-12(6-8-14)17-10-15(19)18-13-4-2-3-11(16)9-13/h2-4,9,12,14,17H,5-8,10H2,1H3,(H,18,19). The van der Waals surface area contributed by atoms with Gasteiger partial charge in [0.1, 0.15) is 0 Å². The maximum absolute atomic E-state index is 11.9. The number of rotatable bonds is 5. The van der Waals surface area contributed by atoms with Gasteiger partial charge in [-0.1, -0.05) is 17.7 Å². The van der Waals surface area contributed by atoms with Crippen LogP contribution in [-0.2, 0) is 4.79 Å². The molecule has 0 spiro atoms. The molecule has 5 heteroatoms. The van der Waals surface area contributed by atoms with Gasteiger partial charge in [0.05, 0.1) is 6.54 Å². The smallest absolute Gasteiger partial charge is 0.238 e. The average Bonchev–Trinajstić information content (AvgIpc) is 2.46. The van der Waals surface area contributed by atoms with Crippen LogP contribution >= 0.6 is 23.4 Å². The predicted octanol–water partition coefficient (Wildman–Crippen LogP) is 3.54. The summed E-state index contributed by atoms with van der Waals surface area (Å²) < 4.78 is 0. The first-order chi connectivity index (χ1) is 9.67. The van der Waals surface area contributed by atoms with E-state index in [0.717, 1.165) is 23.8 Å². The largest absolute Gasteiger partial charge is 0.325 e. The van der Waals surface area contributed by atoms with Crippen LogP contribution in [0, 0.1) is 0 Å². The predicted molar refractivity (Wildman–Crippen MR) is 87.6 cm³/mol. The molecule has 1 aromatic rings. The van der Waals surface area contributed by atoms with Crippen LogP contribution in [0.1, 0.15) is 25.7 Å². The van der Waals surface area contributed by atoms with Crippen LogP contribution in [0.4, 0.5) is 5.69 Å². The molecule has 1 amide bonds. The van der Waals surface area contributed by atoms with Crippen molar-refractivity contribution in [2.24, 2.45) is 0 Å². The van der Waals surface area contributed by atoms with Crippen LogP contribution in [0.25, 0.3) is 0 Å². The summed E-state index contributed by atoms with van der Waals surface area (Å²) in [6.07, 6.45) is 6.99. The summed E-state index contributed by atoms with van der Waals surface area (Å²) in [5.41, 5.74) is 0.746. The Morgan fingerprint density at radius 3 is 2.75 bits per heavy atom. The van der Waals surface area contributed by atoms with Gasteiger partial charge in [-0.3, -0.25) is 4.79 Å². The fourth-order valence-electron chi connectivity index (χ4n) is 2.51. The molecule has 0 radical (unpaired) electrons. The Labute approximate surface area is 129 Å². The van der Waals surface area contributed by atoms with Crippen LogP contribution in [0.5, 0.6) is 0 Å². The first-order valence-corrected chi connectivity index (χ1v) is 8.65. The second-order valence-electron chi connectivity index (χ2n) is 5.15. The van der Waals surface area contributed by atoms with Crippen molar-refractivity contribution in [3.05, 3.63) is 29.3 Å². The van der Waals surface area contributed by atoms with Gasteiger partial charge in [-0.15, -0.1) is 0 Å². The van der Waals surface area contributed by atoms with E-state index in [9.17, 15) is 4.79 Å². The summed E-state index contributed by atoms with van der Waals surface area (Å²) in [6, 6.07) is 7.69. The van der Waals surface area contributed by atoms with Crippen molar-refractivity contribution in [2.75, 3.05) is 18.1 Å². The number of hydrogen-bond acceptors (Lipinski definition) is 3. The summed E-state index contributed by atoms with van der Waals surface area (Å²) in [4.78, 5) is 11.9. The van der Waals surface area contributed by atoms with E-state index in [2.05, 4.69) is 16.9 Å². The number of benzene rings is 1. The third-order valence-electron chi connectivity index (χ3n) is 3.67. The lowest BCUT2D eigenvalue weighted by atomic mass is 9.95. The number of carbonyl (C=O) groups excluding carboxylic acids is 1. The maximum Gasteiger partial charge on any atom is 0.238 e. The van der Waals surface area contributed by atoms with Crippen molar-refractivity contribution in [3.63, 3.8) is 0 Å². The van der Waals surface area contributed by atoms with E-state index in [-0.39, 0.29) is 5.91 Å². The number of carbonyl (C=O) groups is 1. The van der Waals surface area contributed by atoms with Crippen molar-refractivity contribution in [1.82, 2.24) is 5.32 Å². The van der Waals surface area contributed by atoms with E-state index < -0.39 is 0 Å². The zero-order valence-electron chi connectivity index (χ0n) is 11.7. The van der Waals surface area contributed by atoms with Gasteiger partial charge in [0.15, 0.2) is 0 Å². The molecular formula is C15H21ClN2OS. The quantitative estimate of drug-likeness (QED) is 0.873. The minimum Gasteiger partial charge on any atom is -0.325 e. The molecule has 0 bridgehead atoms. The minimum atomic E-state index is -0.0146. The summed E-state index contributed by atoms with van der Waals surface area (Å²) in [5, 5.41) is 7.63. The van der Waals surface area contributed by atoms with Crippen LogP contribution in [-0.4, -0.2) is 30.0 Å². The van der Waals surface area contributed by atoms with Crippen LogP contribution in [0.15, 0.2) is 24.3 Å². The lowest BCUT2D eigenvalue weighted by Crippen LogP contribution is -2.38. The molecule has 3 nitrogen and oxygen atoms in total. The fraction of sp³-hybridized carbons (Fsp3) is 0.533. The van der Waals surface area contributed by atoms with E-state index in [0.29, 0.717) is 17.6 Å². The van der Waals surface area contributed by atoms with E-state index >= 15 is 0 Å². The molecule has 1 saturated carbocycles. The molecule has 2 rings (SSSR count). The van der Waals surface area contributed by atoms with Gasteiger partial charge >= 0.3 is 0 Å². The highest BCUT2D eigenvalue weighted by atomic mass is 35.5. The van der Waals surface area contributed by atoms with E-state index in [1.165, 1.54) is 12.8 Å². The molecule has 0 unspecified atom stereocenters. The molecular weight excluding hydrogens is 292 g/mol. The summed E-state index contributed by atoms with van der Waals surface area (Å²) >= 11 is 7.84. The number of anilines is 1. The Balaban J connectivity index is 1.70. The fourth-order valence-corrected chi connectivity index (χ4v) is 3.44. The van der Waals surface area contributed by atoms with Crippen molar-refractivity contribution < 1.29 is 4.79 Å². The number of nitrogens with one attached hydrogen (secondary N) is 2. The average molecular weight is 313 g/mol. The lowest BCUT2D eigenvalue weighted by molar-refractivity contribution is -0.115. The molecule has 0 heterocycles. The molecule has 1 aliphatic carbocycles. The van der Waals surface area contributed by atoms with Crippen LogP contribution in [0.2, 0.25) is 5.02 Å². The summed E-state index contributed by atoms with van der Waals surface area (Å²) in [6.45, 7) is 0.362. The van der Waals surface area contributed by atoms with Gasteiger partial charge < -0.3 is 10.6 Å². The molecule has 0 atom stereocenters. The summed E-state index contributed by atoms with van der Waals surface area (Å²) in [5.74, 6) is -0.0146. The zero-order chi connectivity index (χ0) is 14.4. The monoisotopic (exact) mass is 312 g/mol. The topological polar surface area (TPSA) is 41.1 Å². The van der Waals surface area contributed by atoms with Crippen molar-refractivity contribution in [3.8, 4) is 0 Å². The molecule has 1 fully saturated rings. The molecule has 1 aliphatic rings. The number of amides is 1. The Hall–Kier alpha value is -0.710. The molecule has 0 aliphatic heterocycles. The molecule has 0 aromatic heterocycles. The molecule has 1 aromatic carbocycles. The van der Waals surface area contributed by atoms with E-state index in [1.54, 1.807) is 12.1 Å². The van der Waals surface area contributed by atoms with Crippen molar-refractivity contribution in [2.45, 2.75) is 37.0 Å². The first-order valence-electron chi connectivity index (χ1n) is 6.99. The zero-order valence-corrected chi connectivity index (χ0v) is 13.3. The molecule has 2 N–H and O–H groups in total. The second kappa shape index (κ2) is 7.91. The summed E-state index contributed by atoms with van der Waals surface area (Å²) in [7, 11) is 0. The first kappa shape index (κ1) is 15.7. The van der Waals surface area contributed by atoms with Gasteiger partial charge in [0.25, 0.3) is 0 Å². The number of thioether (sulfide) groups is 1. The van der Waals surface area contributed by atoms with Crippen LogP contribution in [0.3, 0.4) is 0 Å². The third-order valence-corrected chi connectivity index (χ3v) is 5.04. The van der Waals surface area contributed by atoms with E-state index in [1.807, 2.05) is 23.9 Å². The third kappa shape index (κ3) is 5.00. The van der Waals surface area contributed by atoms with Gasteiger partial charge in [-0.25, -0.2) is 0 Å². The number of hydrogen-bond donors (Lipinski definition) is 2. The Kier molecular flexibility index (Phi) is 6.20. The second-order valence-corrected chi connectivity index (χ2v) is 6.72.